The van der Waals surface area contributed by atoms with Gasteiger partial charge in [-0.05, 0) is 26.7 Å². The summed E-state index contributed by atoms with van der Waals surface area (Å²) in [5.41, 5.74) is 0. The largest absolute Gasteiger partial charge is 0.480 e. The highest BCUT2D eigenvalue weighted by Gasteiger charge is 2.33. The number of carboxylic acid groups (broad SMARTS) is 1. The van der Waals surface area contributed by atoms with Gasteiger partial charge in [0, 0.05) is 32.6 Å². The number of carbonyl (C=O) groups excluding carboxylic acids is 2. The first-order chi connectivity index (χ1) is 9.51. The number of aliphatic carboxylic acids is 1. The Morgan fingerprint density at radius 2 is 1.95 bits per heavy atom. The molecule has 0 aromatic heterocycles. The van der Waals surface area contributed by atoms with Crippen molar-refractivity contribution in [3.8, 4) is 0 Å². The highest BCUT2D eigenvalue weighted by atomic mass is 16.4. The number of rotatable bonds is 6. The molecular weight excluding hydrogens is 262 g/mol. The quantitative estimate of drug-likeness (QED) is 0.743. The van der Waals surface area contributed by atoms with Crippen molar-refractivity contribution in [2.75, 3.05) is 26.2 Å². The van der Waals surface area contributed by atoms with E-state index in [9.17, 15) is 14.4 Å². The summed E-state index contributed by atoms with van der Waals surface area (Å²) in [5, 5.41) is 11.6. The van der Waals surface area contributed by atoms with Gasteiger partial charge in [0.15, 0.2) is 0 Å². The maximum absolute atomic E-state index is 11.9. The molecule has 1 fully saturated rings. The molecule has 0 unspecified atom stereocenters. The third-order valence-corrected chi connectivity index (χ3v) is 3.53. The van der Waals surface area contributed by atoms with Crippen molar-refractivity contribution in [3.05, 3.63) is 0 Å². The van der Waals surface area contributed by atoms with Gasteiger partial charge in [0.25, 0.3) is 0 Å². The van der Waals surface area contributed by atoms with Crippen LogP contribution in [0.25, 0.3) is 0 Å². The lowest BCUT2D eigenvalue weighted by Gasteiger charge is -2.22. The van der Waals surface area contributed by atoms with Crippen LogP contribution in [0.15, 0.2) is 0 Å². The highest BCUT2D eigenvalue weighted by molar-refractivity contribution is 5.83. The topological polar surface area (TPSA) is 90.0 Å². The number of hydrogen-bond acceptors (Lipinski definition) is 3. The lowest BCUT2D eigenvalue weighted by Crippen LogP contribution is -2.46. The number of nitrogens with zero attached hydrogens (tertiary/aromatic N) is 2. The van der Waals surface area contributed by atoms with Crippen molar-refractivity contribution in [1.82, 2.24) is 15.1 Å². The summed E-state index contributed by atoms with van der Waals surface area (Å²) in [5.74, 6) is -0.983. The maximum Gasteiger partial charge on any atom is 0.326 e. The second-order valence-electron chi connectivity index (χ2n) is 4.74. The zero-order valence-electron chi connectivity index (χ0n) is 12.1. The Kier molecular flexibility index (Phi) is 6.27. The molecule has 0 aromatic rings. The minimum absolute atomic E-state index is 0.00786. The Hall–Kier alpha value is -1.79. The molecule has 1 aliphatic rings. The van der Waals surface area contributed by atoms with E-state index in [0.29, 0.717) is 32.5 Å². The predicted molar refractivity (Wildman–Crippen MR) is 73.3 cm³/mol. The molecule has 1 aliphatic heterocycles. The predicted octanol–water partition coefficient (Wildman–Crippen LogP) is 0.504. The van der Waals surface area contributed by atoms with Crippen LogP contribution in [0.3, 0.4) is 0 Å². The summed E-state index contributed by atoms with van der Waals surface area (Å²) in [6, 6.07) is -1.14. The molecule has 0 radical (unpaired) electrons. The normalized spacial score (nSPS) is 17.9. The van der Waals surface area contributed by atoms with E-state index in [1.165, 1.54) is 4.90 Å². The van der Waals surface area contributed by atoms with Crippen molar-refractivity contribution in [2.45, 2.75) is 39.2 Å². The number of likely N-dealkylation sites (tertiary alicyclic amines) is 1. The van der Waals surface area contributed by atoms with E-state index in [1.807, 2.05) is 13.8 Å². The summed E-state index contributed by atoms with van der Waals surface area (Å²) in [6.45, 7) is 5.79. The minimum Gasteiger partial charge on any atom is -0.480 e. The molecule has 3 amide bonds. The first kappa shape index (κ1) is 16.3. The van der Waals surface area contributed by atoms with Gasteiger partial charge >= 0.3 is 12.0 Å². The van der Waals surface area contributed by atoms with Crippen molar-refractivity contribution >= 4 is 17.9 Å². The van der Waals surface area contributed by atoms with E-state index in [2.05, 4.69) is 5.32 Å². The SMILES string of the molecule is CCN(CC)C(=O)CCNC(=O)N1CCC[C@@H]1C(=O)O. The van der Waals surface area contributed by atoms with Gasteiger partial charge in [0.1, 0.15) is 6.04 Å². The van der Waals surface area contributed by atoms with Gasteiger partial charge in [-0.1, -0.05) is 0 Å². The monoisotopic (exact) mass is 285 g/mol. The van der Waals surface area contributed by atoms with Gasteiger partial charge in [0.2, 0.25) is 5.91 Å². The molecule has 0 bridgehead atoms. The summed E-state index contributed by atoms with van der Waals surface area (Å²) in [6.07, 6.45) is 1.42. The molecule has 20 heavy (non-hydrogen) atoms. The van der Waals surface area contributed by atoms with Crippen LogP contribution in [0.1, 0.15) is 33.1 Å². The summed E-state index contributed by atoms with van der Waals surface area (Å²) < 4.78 is 0. The molecule has 0 spiro atoms. The number of urea groups is 1. The van der Waals surface area contributed by atoms with E-state index < -0.39 is 18.0 Å². The molecule has 1 atom stereocenters. The van der Waals surface area contributed by atoms with Crippen LogP contribution < -0.4 is 5.32 Å². The van der Waals surface area contributed by atoms with Crippen LogP contribution in [-0.4, -0.2) is 65.0 Å². The van der Waals surface area contributed by atoms with E-state index in [1.54, 1.807) is 4.90 Å². The van der Waals surface area contributed by atoms with Crippen LogP contribution in [0, 0.1) is 0 Å². The third kappa shape index (κ3) is 4.11. The van der Waals surface area contributed by atoms with E-state index >= 15 is 0 Å². The second-order valence-corrected chi connectivity index (χ2v) is 4.74. The van der Waals surface area contributed by atoms with Gasteiger partial charge in [-0.25, -0.2) is 9.59 Å². The molecule has 114 valence electrons. The van der Waals surface area contributed by atoms with Gasteiger partial charge in [-0.3, -0.25) is 4.79 Å². The molecular formula is C13H23N3O4. The Morgan fingerprint density at radius 1 is 1.30 bits per heavy atom. The van der Waals surface area contributed by atoms with Gasteiger partial charge in [0.05, 0.1) is 0 Å². The first-order valence-corrected chi connectivity index (χ1v) is 7.06. The second kappa shape index (κ2) is 7.72. The lowest BCUT2D eigenvalue weighted by atomic mass is 10.2. The van der Waals surface area contributed by atoms with Gasteiger partial charge < -0.3 is 20.2 Å². The maximum atomic E-state index is 11.9. The van der Waals surface area contributed by atoms with Crippen molar-refractivity contribution < 1.29 is 19.5 Å². The Morgan fingerprint density at radius 3 is 2.50 bits per heavy atom. The fraction of sp³-hybridized carbons (Fsp3) is 0.769. The van der Waals surface area contributed by atoms with Crippen LogP contribution in [0.2, 0.25) is 0 Å². The Balaban J connectivity index is 2.36. The zero-order chi connectivity index (χ0) is 15.1. The molecule has 0 saturated carbocycles. The highest BCUT2D eigenvalue weighted by Crippen LogP contribution is 2.17. The fourth-order valence-electron chi connectivity index (χ4n) is 2.38. The average Bonchev–Trinajstić information content (AvgIpc) is 2.89. The molecule has 0 aliphatic carbocycles. The minimum atomic E-state index is -0.975. The molecule has 7 heteroatoms. The molecule has 7 nitrogen and oxygen atoms in total. The van der Waals surface area contributed by atoms with Crippen LogP contribution in [0.4, 0.5) is 4.79 Å². The molecule has 2 N–H and O–H groups in total. The molecule has 0 aromatic carbocycles. The van der Waals surface area contributed by atoms with Crippen LogP contribution in [-0.2, 0) is 9.59 Å². The number of carboxylic acids is 1. The molecule has 1 saturated heterocycles. The summed E-state index contributed by atoms with van der Waals surface area (Å²) in [7, 11) is 0. The smallest absolute Gasteiger partial charge is 0.326 e. The van der Waals surface area contributed by atoms with Crippen LogP contribution >= 0.6 is 0 Å². The summed E-state index contributed by atoms with van der Waals surface area (Å²) >= 11 is 0. The van der Waals surface area contributed by atoms with Crippen molar-refractivity contribution in [2.24, 2.45) is 0 Å². The number of carbonyl (C=O) groups is 3. The van der Waals surface area contributed by atoms with Crippen molar-refractivity contribution in [1.29, 1.82) is 0 Å². The first-order valence-electron chi connectivity index (χ1n) is 7.06. The number of amides is 3. The lowest BCUT2D eigenvalue weighted by molar-refractivity contribution is -0.141. The van der Waals surface area contributed by atoms with E-state index in [0.717, 1.165) is 0 Å². The number of nitrogens with one attached hydrogen (secondary N) is 1. The van der Waals surface area contributed by atoms with Gasteiger partial charge in [-0.2, -0.15) is 0 Å². The van der Waals surface area contributed by atoms with Crippen molar-refractivity contribution in [3.63, 3.8) is 0 Å². The fourth-order valence-corrected chi connectivity index (χ4v) is 2.38. The van der Waals surface area contributed by atoms with E-state index in [4.69, 9.17) is 5.11 Å². The zero-order valence-corrected chi connectivity index (χ0v) is 12.1. The number of hydrogen-bond donors (Lipinski definition) is 2. The van der Waals surface area contributed by atoms with E-state index in [-0.39, 0.29) is 18.9 Å². The Bertz CT molecular complexity index is 369. The third-order valence-electron chi connectivity index (χ3n) is 3.53. The molecule has 1 heterocycles. The average molecular weight is 285 g/mol. The Labute approximate surface area is 118 Å². The standard InChI is InChI=1S/C13H23N3O4/c1-3-15(4-2)11(17)7-8-14-13(20)16-9-5-6-10(16)12(18)19/h10H,3-9H2,1-2H3,(H,14,20)(H,18,19)/t10-/m1/s1. The molecule has 1 rings (SSSR count). The summed E-state index contributed by atoms with van der Waals surface area (Å²) in [4.78, 5) is 37.6. The van der Waals surface area contributed by atoms with Crippen LogP contribution in [0.5, 0.6) is 0 Å². The van der Waals surface area contributed by atoms with Gasteiger partial charge in [-0.15, -0.1) is 0 Å².